The minimum absolute atomic E-state index is 0.424. The predicted octanol–water partition coefficient (Wildman–Crippen LogP) is 8.21. The van der Waals surface area contributed by atoms with Crippen LogP contribution in [0.3, 0.4) is 0 Å². The first-order valence-electron chi connectivity index (χ1n) is 13.0. The topological polar surface area (TPSA) is 63.6 Å². The Morgan fingerprint density at radius 2 is 0.900 bits per heavy atom. The molecule has 0 aromatic carbocycles. The Kier molecular flexibility index (Phi) is 21.8. The number of hydrogen-bond donors (Lipinski definition) is 1. The fourth-order valence-electron chi connectivity index (χ4n) is 4.02. The van der Waals surface area contributed by atoms with Crippen molar-refractivity contribution in [3.63, 3.8) is 0 Å². The predicted molar refractivity (Wildman–Crippen MR) is 126 cm³/mol. The minimum Gasteiger partial charge on any atom is -0.479 e. The van der Waals surface area contributed by atoms with E-state index in [0.29, 0.717) is 6.42 Å². The summed E-state index contributed by atoms with van der Waals surface area (Å²) in [6.45, 7) is 3.54. The number of carbonyl (C=O) groups is 2. The Labute approximate surface area is 186 Å². The highest BCUT2D eigenvalue weighted by molar-refractivity contribution is 5.76. The van der Waals surface area contributed by atoms with Gasteiger partial charge in [0.1, 0.15) is 0 Å². The molecule has 0 bridgehead atoms. The highest BCUT2D eigenvalue weighted by Gasteiger charge is 2.19. The summed E-state index contributed by atoms with van der Waals surface area (Å²) in [6, 6.07) is 0. The third-order valence-electron chi connectivity index (χ3n) is 5.90. The van der Waals surface area contributed by atoms with Crippen molar-refractivity contribution in [3.05, 3.63) is 0 Å². The summed E-state index contributed by atoms with van der Waals surface area (Å²) in [5.74, 6) is -1.56. The molecule has 4 nitrogen and oxygen atoms in total. The number of carbonyl (C=O) groups excluding carboxylic acids is 1. The molecule has 0 aromatic heterocycles. The van der Waals surface area contributed by atoms with Crippen molar-refractivity contribution < 1.29 is 19.4 Å². The smallest absolute Gasteiger partial charge is 0.345 e. The van der Waals surface area contributed by atoms with Gasteiger partial charge in [0.25, 0.3) is 0 Å². The van der Waals surface area contributed by atoms with Gasteiger partial charge in [0, 0.05) is 6.92 Å². The molecule has 1 unspecified atom stereocenters. The van der Waals surface area contributed by atoms with Crippen LogP contribution in [0.5, 0.6) is 0 Å². The van der Waals surface area contributed by atoms with Crippen molar-refractivity contribution in [2.75, 3.05) is 0 Å². The molecule has 0 aliphatic heterocycles. The zero-order chi connectivity index (χ0) is 22.3. The van der Waals surface area contributed by atoms with Gasteiger partial charge >= 0.3 is 11.9 Å². The lowest BCUT2D eigenvalue weighted by molar-refractivity contribution is -0.163. The largest absolute Gasteiger partial charge is 0.479 e. The quantitative estimate of drug-likeness (QED) is 0.132. The van der Waals surface area contributed by atoms with Gasteiger partial charge in [-0.3, -0.25) is 4.79 Å². The lowest BCUT2D eigenvalue weighted by Crippen LogP contribution is -2.25. The van der Waals surface area contributed by atoms with Gasteiger partial charge in [-0.15, -0.1) is 0 Å². The molecule has 0 amide bonds. The molecule has 0 saturated carbocycles. The molecule has 0 fully saturated rings. The average Bonchev–Trinajstić information content (AvgIpc) is 2.71. The van der Waals surface area contributed by atoms with Gasteiger partial charge in [-0.25, -0.2) is 4.79 Å². The van der Waals surface area contributed by atoms with Crippen LogP contribution in [0, 0.1) is 0 Å². The summed E-state index contributed by atoms with van der Waals surface area (Å²) in [5, 5.41) is 9.00. The third kappa shape index (κ3) is 21.6. The molecular weight excluding hydrogens is 376 g/mol. The zero-order valence-electron chi connectivity index (χ0n) is 20.1. The standard InChI is InChI=1S/C26H50O4/c1-3-4-5-6-7-8-9-10-11-12-13-14-15-16-17-18-19-20-21-22-23-25(26(28)29)30-24(2)27/h25H,3-23H2,1-2H3,(H,28,29). The number of aliphatic carboxylic acids is 1. The first-order valence-corrected chi connectivity index (χ1v) is 13.0. The van der Waals surface area contributed by atoms with Crippen LogP contribution in [-0.2, 0) is 14.3 Å². The molecule has 1 atom stereocenters. The first kappa shape index (κ1) is 28.9. The summed E-state index contributed by atoms with van der Waals surface area (Å²) < 4.78 is 4.81. The van der Waals surface area contributed by atoms with Crippen molar-refractivity contribution in [1.82, 2.24) is 0 Å². The van der Waals surface area contributed by atoms with E-state index in [1.165, 1.54) is 116 Å². The molecule has 4 heteroatoms. The molecule has 0 spiro atoms. The van der Waals surface area contributed by atoms with Crippen molar-refractivity contribution in [2.24, 2.45) is 0 Å². The monoisotopic (exact) mass is 426 g/mol. The maximum Gasteiger partial charge on any atom is 0.345 e. The fraction of sp³-hybridized carbons (Fsp3) is 0.923. The third-order valence-corrected chi connectivity index (χ3v) is 5.90. The summed E-state index contributed by atoms with van der Waals surface area (Å²) >= 11 is 0. The molecule has 30 heavy (non-hydrogen) atoms. The van der Waals surface area contributed by atoms with Crippen LogP contribution in [0.4, 0.5) is 0 Å². The van der Waals surface area contributed by atoms with E-state index in [4.69, 9.17) is 9.84 Å². The van der Waals surface area contributed by atoms with E-state index in [1.54, 1.807) is 0 Å². The number of esters is 1. The van der Waals surface area contributed by atoms with Crippen LogP contribution in [0.2, 0.25) is 0 Å². The van der Waals surface area contributed by atoms with E-state index in [0.717, 1.165) is 19.3 Å². The number of carboxylic acids is 1. The molecule has 0 rings (SSSR count). The molecule has 0 aliphatic carbocycles. The van der Waals surface area contributed by atoms with E-state index in [-0.39, 0.29) is 0 Å². The number of ether oxygens (including phenoxy) is 1. The zero-order valence-corrected chi connectivity index (χ0v) is 20.1. The summed E-state index contributed by atoms with van der Waals surface area (Å²) in [5.41, 5.74) is 0. The molecule has 0 saturated heterocycles. The van der Waals surface area contributed by atoms with Gasteiger partial charge in [-0.2, -0.15) is 0 Å². The van der Waals surface area contributed by atoms with Gasteiger partial charge in [0.15, 0.2) is 6.10 Å². The second-order valence-electron chi connectivity index (χ2n) is 8.94. The van der Waals surface area contributed by atoms with Gasteiger partial charge < -0.3 is 9.84 Å². The van der Waals surface area contributed by atoms with Crippen molar-refractivity contribution in [1.29, 1.82) is 0 Å². The normalized spacial score (nSPS) is 12.1. The molecule has 1 N–H and O–H groups in total. The van der Waals surface area contributed by atoms with Crippen molar-refractivity contribution in [3.8, 4) is 0 Å². The minimum atomic E-state index is -1.04. The Balaban J connectivity index is 3.21. The van der Waals surface area contributed by atoms with Crippen molar-refractivity contribution in [2.45, 2.75) is 155 Å². The van der Waals surface area contributed by atoms with Crippen LogP contribution in [0.1, 0.15) is 149 Å². The van der Waals surface area contributed by atoms with E-state index < -0.39 is 18.0 Å². The second kappa shape index (κ2) is 22.6. The number of hydrogen-bond acceptors (Lipinski definition) is 3. The van der Waals surface area contributed by atoms with Gasteiger partial charge in [-0.05, 0) is 12.8 Å². The summed E-state index contributed by atoms with van der Waals surface area (Å²) in [7, 11) is 0. The van der Waals surface area contributed by atoms with E-state index >= 15 is 0 Å². The Hall–Kier alpha value is -1.06. The number of rotatable bonds is 23. The van der Waals surface area contributed by atoms with Crippen LogP contribution in [0.25, 0.3) is 0 Å². The fourth-order valence-corrected chi connectivity index (χ4v) is 4.02. The van der Waals surface area contributed by atoms with Gasteiger partial charge in [0.2, 0.25) is 0 Å². The Morgan fingerprint density at radius 1 is 0.600 bits per heavy atom. The first-order chi connectivity index (χ1) is 14.6. The second-order valence-corrected chi connectivity index (χ2v) is 8.94. The maximum absolute atomic E-state index is 11.0. The van der Waals surface area contributed by atoms with Gasteiger partial charge in [0.05, 0.1) is 0 Å². The van der Waals surface area contributed by atoms with Crippen LogP contribution < -0.4 is 0 Å². The van der Waals surface area contributed by atoms with E-state index in [1.807, 2.05) is 0 Å². The highest BCUT2D eigenvalue weighted by Crippen LogP contribution is 2.15. The Bertz CT molecular complexity index is 394. The molecule has 0 aromatic rings. The van der Waals surface area contributed by atoms with Crippen molar-refractivity contribution >= 4 is 11.9 Å². The molecule has 178 valence electrons. The van der Waals surface area contributed by atoms with Crippen LogP contribution in [0.15, 0.2) is 0 Å². The maximum atomic E-state index is 11.0. The SMILES string of the molecule is CCCCCCCCCCCCCCCCCCCCCCC(OC(C)=O)C(=O)O. The molecule has 0 radical (unpaired) electrons. The molecule has 0 heterocycles. The Morgan fingerprint density at radius 3 is 1.17 bits per heavy atom. The molecular formula is C26H50O4. The van der Waals surface area contributed by atoms with Crippen LogP contribution >= 0.6 is 0 Å². The number of carboxylic acid groups (broad SMARTS) is 1. The van der Waals surface area contributed by atoms with E-state index in [9.17, 15) is 9.59 Å². The summed E-state index contributed by atoms with van der Waals surface area (Å²) in [4.78, 5) is 21.9. The molecule has 0 aliphatic rings. The summed E-state index contributed by atoms with van der Waals surface area (Å²) in [6.07, 6.45) is 26.0. The van der Waals surface area contributed by atoms with E-state index in [2.05, 4.69) is 6.92 Å². The number of unbranched alkanes of at least 4 members (excludes halogenated alkanes) is 19. The van der Waals surface area contributed by atoms with Crippen LogP contribution in [-0.4, -0.2) is 23.1 Å². The highest BCUT2D eigenvalue weighted by atomic mass is 16.6. The lowest BCUT2D eigenvalue weighted by atomic mass is 10.0. The van der Waals surface area contributed by atoms with Gasteiger partial charge in [-0.1, -0.05) is 129 Å². The average molecular weight is 427 g/mol. The lowest BCUT2D eigenvalue weighted by Gasteiger charge is -2.11.